The summed E-state index contributed by atoms with van der Waals surface area (Å²) < 4.78 is 0. The van der Waals surface area contributed by atoms with E-state index in [0.29, 0.717) is 36.8 Å². The lowest BCUT2D eigenvalue weighted by Crippen LogP contribution is -2.28. The molecule has 2 atom stereocenters. The lowest BCUT2D eigenvalue weighted by atomic mass is 9.81. The molecule has 0 spiro atoms. The standard InChI is InChI=1S/C20H22O4/c21-17-7-3-1-5-15(17)19(23)13-9-11-14(12-10-13)20(24)16-6-2-4-8-18(16)22/h9-12,15-16H,1-8H2. The van der Waals surface area contributed by atoms with Crippen LogP contribution in [0.15, 0.2) is 24.3 Å². The summed E-state index contributed by atoms with van der Waals surface area (Å²) in [4.78, 5) is 48.8. The van der Waals surface area contributed by atoms with Gasteiger partial charge in [-0.15, -0.1) is 0 Å². The van der Waals surface area contributed by atoms with Crippen molar-refractivity contribution in [1.29, 1.82) is 0 Å². The summed E-state index contributed by atoms with van der Waals surface area (Å²) in [7, 11) is 0. The molecule has 0 heterocycles. The normalized spacial score (nSPS) is 24.7. The molecule has 0 aliphatic heterocycles. The van der Waals surface area contributed by atoms with Gasteiger partial charge >= 0.3 is 0 Å². The molecule has 0 radical (unpaired) electrons. The Morgan fingerprint density at radius 3 is 1.38 bits per heavy atom. The predicted molar refractivity (Wildman–Crippen MR) is 89.0 cm³/mol. The van der Waals surface area contributed by atoms with Crippen molar-refractivity contribution in [2.75, 3.05) is 0 Å². The molecule has 4 nitrogen and oxygen atoms in total. The molecule has 1 aromatic rings. The number of Topliss-reactive ketones (excluding diaryl/α,β-unsaturated/α-hetero) is 4. The summed E-state index contributed by atoms with van der Waals surface area (Å²) >= 11 is 0. The number of benzene rings is 1. The van der Waals surface area contributed by atoms with Crippen LogP contribution in [0.1, 0.15) is 72.1 Å². The molecular weight excluding hydrogens is 304 g/mol. The van der Waals surface area contributed by atoms with Gasteiger partial charge in [0.2, 0.25) is 0 Å². The third-order valence-electron chi connectivity index (χ3n) is 5.20. The van der Waals surface area contributed by atoms with Gasteiger partial charge in [0.25, 0.3) is 0 Å². The summed E-state index contributed by atoms with van der Waals surface area (Å²) in [5.41, 5.74) is 0.948. The first-order valence-corrected chi connectivity index (χ1v) is 8.82. The van der Waals surface area contributed by atoms with Crippen molar-refractivity contribution in [2.45, 2.75) is 51.4 Å². The predicted octanol–water partition coefficient (Wildman–Crippen LogP) is 3.57. The van der Waals surface area contributed by atoms with Gasteiger partial charge in [0.05, 0.1) is 11.8 Å². The Kier molecular flexibility index (Phi) is 5.03. The molecule has 0 saturated heterocycles. The molecule has 0 bridgehead atoms. The van der Waals surface area contributed by atoms with E-state index in [4.69, 9.17) is 0 Å². The zero-order chi connectivity index (χ0) is 17.1. The van der Waals surface area contributed by atoms with Gasteiger partial charge in [-0.2, -0.15) is 0 Å². The van der Waals surface area contributed by atoms with Crippen LogP contribution < -0.4 is 0 Å². The maximum atomic E-state index is 12.5. The zero-order valence-corrected chi connectivity index (χ0v) is 13.8. The summed E-state index contributed by atoms with van der Waals surface area (Å²) in [5, 5.41) is 0. The SMILES string of the molecule is O=C1CCCCC1C(=O)c1ccc(C(=O)C2CCCCC2=O)cc1. The van der Waals surface area contributed by atoms with Crippen molar-refractivity contribution in [2.24, 2.45) is 11.8 Å². The van der Waals surface area contributed by atoms with Gasteiger partial charge in [0.1, 0.15) is 11.6 Å². The van der Waals surface area contributed by atoms with Crippen molar-refractivity contribution in [1.82, 2.24) is 0 Å². The van der Waals surface area contributed by atoms with Crippen molar-refractivity contribution in [3.05, 3.63) is 35.4 Å². The summed E-state index contributed by atoms with van der Waals surface area (Å²) in [6, 6.07) is 6.46. The first-order valence-electron chi connectivity index (χ1n) is 8.82. The van der Waals surface area contributed by atoms with Crippen LogP contribution in [0.5, 0.6) is 0 Å². The van der Waals surface area contributed by atoms with Crippen molar-refractivity contribution >= 4 is 23.1 Å². The third-order valence-corrected chi connectivity index (χ3v) is 5.20. The molecule has 2 aliphatic carbocycles. The molecule has 24 heavy (non-hydrogen) atoms. The van der Waals surface area contributed by atoms with E-state index in [1.54, 1.807) is 24.3 Å². The summed E-state index contributed by atoms with van der Waals surface area (Å²) in [6.45, 7) is 0. The first-order chi connectivity index (χ1) is 11.6. The van der Waals surface area contributed by atoms with E-state index in [0.717, 1.165) is 25.7 Å². The molecule has 2 fully saturated rings. The van der Waals surface area contributed by atoms with E-state index in [1.165, 1.54) is 0 Å². The van der Waals surface area contributed by atoms with Gasteiger partial charge in [0, 0.05) is 24.0 Å². The molecule has 2 saturated carbocycles. The second-order valence-corrected chi connectivity index (χ2v) is 6.84. The van der Waals surface area contributed by atoms with Crippen LogP contribution >= 0.6 is 0 Å². The van der Waals surface area contributed by atoms with Crippen molar-refractivity contribution < 1.29 is 19.2 Å². The first kappa shape index (κ1) is 16.7. The highest BCUT2D eigenvalue weighted by atomic mass is 16.2. The van der Waals surface area contributed by atoms with Crippen LogP contribution in [0.4, 0.5) is 0 Å². The van der Waals surface area contributed by atoms with E-state index < -0.39 is 11.8 Å². The second-order valence-electron chi connectivity index (χ2n) is 6.84. The molecule has 0 N–H and O–H groups in total. The number of carbonyl (C=O) groups excluding carboxylic acids is 4. The largest absolute Gasteiger partial charge is 0.299 e. The average Bonchev–Trinajstić information content (AvgIpc) is 2.61. The minimum Gasteiger partial charge on any atom is -0.299 e. The van der Waals surface area contributed by atoms with Crippen molar-refractivity contribution in [3.63, 3.8) is 0 Å². The fourth-order valence-corrected chi connectivity index (χ4v) is 3.72. The molecule has 3 rings (SSSR count). The summed E-state index contributed by atoms with van der Waals surface area (Å²) in [5.74, 6) is -1.29. The highest BCUT2D eigenvalue weighted by molar-refractivity contribution is 6.13. The zero-order valence-electron chi connectivity index (χ0n) is 13.8. The minimum atomic E-state index is -0.528. The Bertz CT molecular complexity index is 612. The van der Waals surface area contributed by atoms with E-state index in [2.05, 4.69) is 0 Å². The van der Waals surface area contributed by atoms with Crippen LogP contribution in [0.25, 0.3) is 0 Å². The molecule has 2 unspecified atom stereocenters. The lowest BCUT2D eigenvalue weighted by molar-refractivity contribution is -0.123. The van der Waals surface area contributed by atoms with Gasteiger partial charge in [0.15, 0.2) is 11.6 Å². The maximum Gasteiger partial charge on any atom is 0.173 e. The number of hydrogen-bond donors (Lipinski definition) is 0. The average molecular weight is 326 g/mol. The topological polar surface area (TPSA) is 68.3 Å². The van der Waals surface area contributed by atoms with Gasteiger partial charge in [-0.1, -0.05) is 37.1 Å². The van der Waals surface area contributed by atoms with Crippen molar-refractivity contribution in [3.8, 4) is 0 Å². The van der Waals surface area contributed by atoms with E-state index in [-0.39, 0.29) is 23.1 Å². The Morgan fingerprint density at radius 2 is 1.04 bits per heavy atom. The monoisotopic (exact) mass is 326 g/mol. The fourth-order valence-electron chi connectivity index (χ4n) is 3.72. The third kappa shape index (κ3) is 3.37. The van der Waals surface area contributed by atoms with E-state index in [9.17, 15) is 19.2 Å². The molecule has 0 amide bonds. The van der Waals surface area contributed by atoms with Gasteiger partial charge in [-0.05, 0) is 25.7 Å². The van der Waals surface area contributed by atoms with Crippen LogP contribution in [0.2, 0.25) is 0 Å². The maximum absolute atomic E-state index is 12.5. The Labute approximate surface area is 141 Å². The summed E-state index contributed by atoms with van der Waals surface area (Å²) in [6.07, 6.45) is 5.75. The molecular formula is C20H22O4. The quantitative estimate of drug-likeness (QED) is 0.626. The Balaban J connectivity index is 1.73. The van der Waals surface area contributed by atoms with E-state index >= 15 is 0 Å². The highest BCUT2D eigenvalue weighted by Crippen LogP contribution is 2.26. The van der Waals surface area contributed by atoms with Gasteiger partial charge in [-0.25, -0.2) is 0 Å². The van der Waals surface area contributed by atoms with Crippen LogP contribution in [-0.4, -0.2) is 23.1 Å². The Morgan fingerprint density at radius 1 is 0.667 bits per heavy atom. The molecule has 1 aromatic carbocycles. The van der Waals surface area contributed by atoms with Gasteiger partial charge < -0.3 is 0 Å². The van der Waals surface area contributed by atoms with Crippen LogP contribution in [0, 0.1) is 11.8 Å². The molecule has 4 heteroatoms. The number of hydrogen-bond acceptors (Lipinski definition) is 4. The van der Waals surface area contributed by atoms with Gasteiger partial charge in [-0.3, -0.25) is 19.2 Å². The molecule has 0 aromatic heterocycles. The minimum absolute atomic E-state index is 0.0270. The number of carbonyl (C=O) groups is 4. The van der Waals surface area contributed by atoms with Crippen LogP contribution in [0.3, 0.4) is 0 Å². The highest BCUT2D eigenvalue weighted by Gasteiger charge is 2.31. The van der Waals surface area contributed by atoms with E-state index in [1.807, 2.05) is 0 Å². The number of ketones is 4. The fraction of sp³-hybridized carbons (Fsp3) is 0.500. The van der Waals surface area contributed by atoms with Crippen LogP contribution in [-0.2, 0) is 9.59 Å². The lowest BCUT2D eigenvalue weighted by Gasteiger charge is -2.20. The second kappa shape index (κ2) is 7.20. The smallest absolute Gasteiger partial charge is 0.173 e. The number of rotatable bonds is 4. The molecule has 126 valence electrons. The Hall–Kier alpha value is -2.10. The molecule has 2 aliphatic rings.